The molecule has 0 saturated carbocycles. The van der Waals surface area contributed by atoms with Crippen molar-refractivity contribution in [2.24, 2.45) is 0 Å². The van der Waals surface area contributed by atoms with Crippen molar-refractivity contribution in [3.05, 3.63) is 28.4 Å². The van der Waals surface area contributed by atoms with Crippen molar-refractivity contribution in [2.75, 3.05) is 13.2 Å². The van der Waals surface area contributed by atoms with Crippen LogP contribution in [0.4, 0.5) is 0 Å². The standard InChI is InChI=1S/C16H26N3O9P/c1-5-26-13(21)10(3)18-29(24,25)27-8-11-12(20)16(4,23)14(28-11)19-7-6-9(2)17-15(19)22/h6-7,10-12,14,20,23H,5,8H2,1-4H3,(H2,18,24,25)/t10-,11+,12+,14+,16+/m0/s1. The van der Waals surface area contributed by atoms with Crippen molar-refractivity contribution >= 4 is 13.7 Å². The normalized spacial score (nSPS) is 30.0. The fourth-order valence-electron chi connectivity index (χ4n) is 2.83. The first-order chi connectivity index (χ1) is 13.4. The van der Waals surface area contributed by atoms with Crippen molar-refractivity contribution in [2.45, 2.75) is 57.8 Å². The number of carbonyl (C=O) groups excluding carboxylic acids is 1. The predicted molar refractivity (Wildman–Crippen MR) is 98.8 cm³/mol. The van der Waals surface area contributed by atoms with Crippen LogP contribution >= 0.6 is 7.75 Å². The topological polar surface area (TPSA) is 169 Å². The van der Waals surface area contributed by atoms with Crippen LogP contribution in [-0.2, 0) is 23.4 Å². The number of rotatable bonds is 8. The molecule has 1 aliphatic rings. The van der Waals surface area contributed by atoms with Crippen molar-refractivity contribution in [1.29, 1.82) is 0 Å². The summed E-state index contributed by atoms with van der Waals surface area (Å²) < 4.78 is 28.3. The Hall–Kier alpha value is -1.66. The number of aromatic nitrogens is 2. The van der Waals surface area contributed by atoms with Gasteiger partial charge in [0.15, 0.2) is 6.23 Å². The third kappa shape index (κ3) is 5.48. The molecule has 29 heavy (non-hydrogen) atoms. The highest BCUT2D eigenvalue weighted by Gasteiger charge is 2.53. The maximum atomic E-state index is 12.2. The Morgan fingerprint density at radius 3 is 2.79 bits per heavy atom. The third-order valence-corrected chi connectivity index (χ3v) is 5.60. The van der Waals surface area contributed by atoms with Gasteiger partial charge in [0.05, 0.1) is 13.2 Å². The average Bonchev–Trinajstić information content (AvgIpc) is 2.83. The van der Waals surface area contributed by atoms with E-state index in [9.17, 15) is 29.3 Å². The maximum Gasteiger partial charge on any atom is 0.403 e. The SMILES string of the molecule is CCOC(=O)[C@H](C)NP(=O)(O)OC[C@H]1O[C@@H](n2ccc(C)nc2=O)[C@](C)(O)[C@@H]1O. The van der Waals surface area contributed by atoms with Gasteiger partial charge in [-0.1, -0.05) is 0 Å². The summed E-state index contributed by atoms with van der Waals surface area (Å²) in [5.41, 5.74) is -2.13. The molecule has 2 heterocycles. The van der Waals surface area contributed by atoms with E-state index in [1.54, 1.807) is 13.8 Å². The zero-order valence-corrected chi connectivity index (χ0v) is 17.4. The molecule has 1 unspecified atom stereocenters. The molecule has 1 aliphatic heterocycles. The molecule has 164 valence electrons. The van der Waals surface area contributed by atoms with Crippen molar-refractivity contribution in [3.8, 4) is 0 Å². The molecule has 0 aromatic carbocycles. The van der Waals surface area contributed by atoms with E-state index in [4.69, 9.17) is 14.0 Å². The highest BCUT2D eigenvalue weighted by Crippen LogP contribution is 2.42. The molecule has 1 aromatic rings. The van der Waals surface area contributed by atoms with Gasteiger partial charge in [-0.3, -0.25) is 13.9 Å². The predicted octanol–water partition coefficient (Wildman–Crippen LogP) is -0.781. The highest BCUT2D eigenvalue weighted by atomic mass is 31.2. The van der Waals surface area contributed by atoms with E-state index in [0.29, 0.717) is 5.69 Å². The van der Waals surface area contributed by atoms with Crippen LogP contribution in [0.15, 0.2) is 17.1 Å². The van der Waals surface area contributed by atoms with Crippen LogP contribution in [-0.4, -0.2) is 67.7 Å². The molecular formula is C16H26N3O9P. The van der Waals surface area contributed by atoms with E-state index < -0.39 is 56.1 Å². The number of carbonyl (C=O) groups is 1. The molecule has 1 aromatic heterocycles. The van der Waals surface area contributed by atoms with Gasteiger partial charge in [0.1, 0.15) is 23.9 Å². The zero-order chi connectivity index (χ0) is 22.0. The number of aliphatic hydroxyl groups is 2. The minimum atomic E-state index is -4.46. The number of hydrogen-bond acceptors (Lipinski definition) is 9. The number of esters is 1. The van der Waals surface area contributed by atoms with E-state index in [1.165, 1.54) is 26.1 Å². The maximum absolute atomic E-state index is 12.2. The molecule has 12 nitrogen and oxygen atoms in total. The largest absolute Gasteiger partial charge is 0.465 e. The molecule has 6 atom stereocenters. The Labute approximate surface area is 167 Å². The first-order valence-electron chi connectivity index (χ1n) is 8.92. The van der Waals surface area contributed by atoms with Gasteiger partial charge in [0, 0.05) is 11.9 Å². The van der Waals surface area contributed by atoms with Crippen LogP contribution in [0.1, 0.15) is 32.7 Å². The van der Waals surface area contributed by atoms with E-state index in [-0.39, 0.29) is 6.61 Å². The van der Waals surface area contributed by atoms with E-state index >= 15 is 0 Å². The summed E-state index contributed by atoms with van der Waals surface area (Å²) in [5, 5.41) is 23.1. The van der Waals surface area contributed by atoms with Crippen LogP contribution in [0.3, 0.4) is 0 Å². The Morgan fingerprint density at radius 1 is 1.55 bits per heavy atom. The lowest BCUT2D eigenvalue weighted by molar-refractivity contribution is -0.144. The van der Waals surface area contributed by atoms with E-state index in [2.05, 4.69) is 10.1 Å². The van der Waals surface area contributed by atoms with Gasteiger partial charge in [0.2, 0.25) is 0 Å². The lowest BCUT2D eigenvalue weighted by Gasteiger charge is -2.27. The molecule has 4 N–H and O–H groups in total. The number of nitrogens with one attached hydrogen (secondary N) is 1. The fraction of sp³-hybridized carbons (Fsp3) is 0.688. The van der Waals surface area contributed by atoms with Gasteiger partial charge in [-0.2, -0.15) is 4.98 Å². The second-order valence-corrected chi connectivity index (χ2v) is 8.43. The minimum Gasteiger partial charge on any atom is -0.465 e. The molecule has 13 heteroatoms. The van der Waals surface area contributed by atoms with E-state index in [1.807, 2.05) is 0 Å². The van der Waals surface area contributed by atoms with Gasteiger partial charge < -0.3 is 24.6 Å². The first kappa shape index (κ1) is 23.6. The Bertz CT molecular complexity index is 843. The average molecular weight is 435 g/mol. The second kappa shape index (κ2) is 9.00. The molecule has 0 bridgehead atoms. The number of nitrogens with zero attached hydrogens (tertiary/aromatic N) is 2. The first-order valence-corrected chi connectivity index (χ1v) is 10.5. The monoisotopic (exact) mass is 435 g/mol. The molecule has 1 saturated heterocycles. The summed E-state index contributed by atoms with van der Waals surface area (Å²) in [6.45, 7) is 5.30. The lowest BCUT2D eigenvalue weighted by atomic mass is 9.96. The summed E-state index contributed by atoms with van der Waals surface area (Å²) in [6.07, 6.45) is -2.71. The number of ether oxygens (including phenoxy) is 2. The molecule has 0 spiro atoms. The molecule has 1 fully saturated rings. The highest BCUT2D eigenvalue weighted by molar-refractivity contribution is 7.50. The van der Waals surface area contributed by atoms with Crippen LogP contribution in [0.5, 0.6) is 0 Å². The number of hydrogen-bond donors (Lipinski definition) is 4. The van der Waals surface area contributed by atoms with Gasteiger partial charge in [0.25, 0.3) is 0 Å². The van der Waals surface area contributed by atoms with Gasteiger partial charge >= 0.3 is 19.4 Å². The summed E-state index contributed by atoms with van der Waals surface area (Å²) >= 11 is 0. The quantitative estimate of drug-likeness (QED) is 0.298. The summed E-state index contributed by atoms with van der Waals surface area (Å²) in [7, 11) is -4.46. The van der Waals surface area contributed by atoms with Crippen LogP contribution in [0, 0.1) is 6.92 Å². The summed E-state index contributed by atoms with van der Waals surface area (Å²) in [5.74, 6) is -0.739. The minimum absolute atomic E-state index is 0.104. The molecule has 0 amide bonds. The third-order valence-electron chi connectivity index (χ3n) is 4.39. The zero-order valence-electron chi connectivity index (χ0n) is 16.5. The lowest BCUT2D eigenvalue weighted by Crippen LogP contribution is -2.46. The molecular weight excluding hydrogens is 409 g/mol. The number of aliphatic hydroxyl groups excluding tert-OH is 1. The smallest absolute Gasteiger partial charge is 0.403 e. The Kier molecular flexibility index (Phi) is 7.33. The van der Waals surface area contributed by atoms with Crippen LogP contribution in [0.25, 0.3) is 0 Å². The summed E-state index contributed by atoms with van der Waals surface area (Å²) in [6, 6.07) is 0.410. The van der Waals surface area contributed by atoms with Crippen LogP contribution in [0.2, 0.25) is 0 Å². The number of aryl methyl sites for hydroxylation is 1. The Balaban J connectivity index is 2.07. The van der Waals surface area contributed by atoms with Gasteiger partial charge in [-0.15, -0.1) is 0 Å². The fourth-order valence-corrected chi connectivity index (χ4v) is 3.85. The van der Waals surface area contributed by atoms with Crippen molar-refractivity contribution in [3.63, 3.8) is 0 Å². The van der Waals surface area contributed by atoms with Gasteiger partial charge in [-0.05, 0) is 33.8 Å². The van der Waals surface area contributed by atoms with E-state index in [0.717, 1.165) is 4.57 Å². The molecule has 2 rings (SSSR count). The van der Waals surface area contributed by atoms with Gasteiger partial charge in [-0.25, -0.2) is 14.4 Å². The Morgan fingerprint density at radius 2 is 2.21 bits per heavy atom. The second-order valence-electron chi connectivity index (χ2n) is 6.88. The van der Waals surface area contributed by atoms with Crippen molar-refractivity contribution < 1.29 is 38.5 Å². The molecule has 0 aliphatic carbocycles. The van der Waals surface area contributed by atoms with Crippen molar-refractivity contribution in [1.82, 2.24) is 14.6 Å². The van der Waals surface area contributed by atoms with Crippen LogP contribution < -0.4 is 10.8 Å². The molecule has 0 radical (unpaired) electrons. The summed E-state index contributed by atoms with van der Waals surface area (Å²) in [4.78, 5) is 37.3.